The Kier molecular flexibility index (Phi) is 4.25. The molecule has 0 spiro atoms. The van der Waals surface area contributed by atoms with Crippen LogP contribution in [0.4, 0.5) is 4.39 Å². The van der Waals surface area contributed by atoms with E-state index in [-0.39, 0.29) is 12.4 Å². The Morgan fingerprint density at radius 3 is 2.73 bits per heavy atom. The van der Waals surface area contributed by atoms with E-state index in [4.69, 9.17) is 4.74 Å². The number of benzene rings is 1. The van der Waals surface area contributed by atoms with Crippen molar-refractivity contribution in [1.29, 1.82) is 0 Å². The van der Waals surface area contributed by atoms with Gasteiger partial charge in [0.2, 0.25) is 0 Å². The fraction of sp³-hybridized carbons (Fsp3) is 0.455. The van der Waals surface area contributed by atoms with Gasteiger partial charge in [-0.25, -0.2) is 4.39 Å². The molecular weight excluding hydrogens is 263 g/mol. The molecule has 0 aliphatic rings. The van der Waals surface area contributed by atoms with Gasteiger partial charge in [-0.1, -0.05) is 6.07 Å². The van der Waals surface area contributed by atoms with Gasteiger partial charge in [0.15, 0.2) is 0 Å². The van der Waals surface area contributed by atoms with Crippen LogP contribution in [0, 0.1) is 5.82 Å². The van der Waals surface area contributed by atoms with Crippen molar-refractivity contribution < 1.29 is 14.2 Å². The highest BCUT2D eigenvalue weighted by molar-refractivity contribution is 9.10. The summed E-state index contributed by atoms with van der Waals surface area (Å²) in [5, 5.41) is 9.89. The Morgan fingerprint density at radius 2 is 2.20 bits per heavy atom. The average molecular weight is 277 g/mol. The van der Waals surface area contributed by atoms with E-state index in [1.807, 2.05) is 0 Å². The summed E-state index contributed by atoms with van der Waals surface area (Å²) in [5.41, 5.74) is -0.0585. The number of methoxy groups -OCH3 is 1. The number of hydrogen-bond donors (Lipinski definition) is 1. The van der Waals surface area contributed by atoms with Crippen LogP contribution in [-0.2, 0) is 11.2 Å². The molecule has 0 radical (unpaired) electrons. The van der Waals surface area contributed by atoms with Crippen LogP contribution in [0.2, 0.25) is 0 Å². The molecule has 15 heavy (non-hydrogen) atoms. The van der Waals surface area contributed by atoms with Crippen molar-refractivity contribution in [2.75, 3.05) is 13.7 Å². The zero-order valence-corrected chi connectivity index (χ0v) is 10.3. The van der Waals surface area contributed by atoms with Crippen molar-refractivity contribution in [1.82, 2.24) is 0 Å². The minimum Gasteiger partial charge on any atom is -0.387 e. The Balaban J connectivity index is 2.76. The predicted octanol–water partition coefficient (Wildman–Crippen LogP) is 2.53. The fourth-order valence-corrected chi connectivity index (χ4v) is 1.88. The molecular formula is C11H14BrFO2. The number of halogens is 2. The highest BCUT2D eigenvalue weighted by atomic mass is 79.9. The maximum atomic E-state index is 12.9. The second-order valence-corrected chi connectivity index (χ2v) is 4.71. The van der Waals surface area contributed by atoms with Crippen molar-refractivity contribution in [3.63, 3.8) is 0 Å². The molecule has 1 aromatic carbocycles. The molecule has 0 aromatic heterocycles. The molecule has 0 heterocycles. The monoisotopic (exact) mass is 276 g/mol. The van der Waals surface area contributed by atoms with E-state index >= 15 is 0 Å². The number of aliphatic hydroxyl groups is 1. The van der Waals surface area contributed by atoms with Gasteiger partial charge < -0.3 is 9.84 Å². The molecule has 0 bridgehead atoms. The molecule has 1 rings (SSSR count). The highest BCUT2D eigenvalue weighted by Crippen LogP contribution is 2.20. The predicted molar refractivity (Wildman–Crippen MR) is 60.3 cm³/mol. The second kappa shape index (κ2) is 5.05. The second-order valence-electron chi connectivity index (χ2n) is 3.86. The topological polar surface area (TPSA) is 29.5 Å². The van der Waals surface area contributed by atoms with E-state index < -0.39 is 5.60 Å². The smallest absolute Gasteiger partial charge is 0.137 e. The molecule has 0 saturated heterocycles. The van der Waals surface area contributed by atoms with Crippen molar-refractivity contribution in [2.45, 2.75) is 18.9 Å². The van der Waals surface area contributed by atoms with Crippen LogP contribution in [0.1, 0.15) is 12.5 Å². The van der Waals surface area contributed by atoms with Crippen LogP contribution in [-0.4, -0.2) is 24.4 Å². The van der Waals surface area contributed by atoms with Crippen molar-refractivity contribution in [2.24, 2.45) is 0 Å². The van der Waals surface area contributed by atoms with Crippen LogP contribution < -0.4 is 0 Å². The van der Waals surface area contributed by atoms with Crippen LogP contribution in [0.5, 0.6) is 0 Å². The minimum atomic E-state index is -0.925. The Labute approximate surface area is 97.2 Å². The van der Waals surface area contributed by atoms with Gasteiger partial charge in [0.25, 0.3) is 0 Å². The molecule has 1 unspecified atom stereocenters. The number of hydrogen-bond acceptors (Lipinski definition) is 2. The summed E-state index contributed by atoms with van der Waals surface area (Å²) in [6, 6.07) is 4.70. The maximum Gasteiger partial charge on any atom is 0.137 e. The normalized spacial score (nSPS) is 15.0. The molecule has 2 nitrogen and oxygen atoms in total. The number of rotatable bonds is 4. The average Bonchev–Trinajstić information content (AvgIpc) is 2.10. The Bertz CT molecular complexity index is 339. The van der Waals surface area contributed by atoms with Gasteiger partial charge in [-0.15, -0.1) is 0 Å². The zero-order valence-electron chi connectivity index (χ0n) is 8.76. The summed E-state index contributed by atoms with van der Waals surface area (Å²) in [4.78, 5) is 0. The van der Waals surface area contributed by atoms with E-state index in [0.717, 1.165) is 5.56 Å². The molecule has 1 aromatic rings. The lowest BCUT2D eigenvalue weighted by molar-refractivity contribution is -0.0161. The summed E-state index contributed by atoms with van der Waals surface area (Å²) in [6.45, 7) is 1.94. The fourth-order valence-electron chi connectivity index (χ4n) is 1.45. The van der Waals surface area contributed by atoms with E-state index in [9.17, 15) is 9.50 Å². The van der Waals surface area contributed by atoms with Gasteiger partial charge in [-0.05, 0) is 40.5 Å². The largest absolute Gasteiger partial charge is 0.387 e. The highest BCUT2D eigenvalue weighted by Gasteiger charge is 2.20. The van der Waals surface area contributed by atoms with Crippen LogP contribution in [0.15, 0.2) is 22.7 Å². The Morgan fingerprint density at radius 1 is 1.53 bits per heavy atom. The van der Waals surface area contributed by atoms with E-state index in [1.165, 1.54) is 13.2 Å². The molecule has 1 N–H and O–H groups in total. The SMILES string of the molecule is COCC(C)(O)Cc1ccc(F)c(Br)c1. The molecule has 4 heteroatoms. The molecule has 1 atom stereocenters. The third-order valence-electron chi connectivity index (χ3n) is 2.02. The first kappa shape index (κ1) is 12.6. The van der Waals surface area contributed by atoms with Gasteiger partial charge in [0, 0.05) is 13.5 Å². The third-order valence-corrected chi connectivity index (χ3v) is 2.63. The van der Waals surface area contributed by atoms with Crippen molar-refractivity contribution in [3.8, 4) is 0 Å². The van der Waals surface area contributed by atoms with Gasteiger partial charge >= 0.3 is 0 Å². The molecule has 0 aliphatic carbocycles. The van der Waals surface area contributed by atoms with E-state index in [2.05, 4.69) is 15.9 Å². The van der Waals surface area contributed by atoms with Crippen molar-refractivity contribution in [3.05, 3.63) is 34.1 Å². The third kappa shape index (κ3) is 3.89. The van der Waals surface area contributed by atoms with Gasteiger partial charge in [0.1, 0.15) is 5.82 Å². The molecule has 0 saturated carbocycles. The zero-order chi connectivity index (χ0) is 11.5. The first-order valence-corrected chi connectivity index (χ1v) is 5.39. The van der Waals surface area contributed by atoms with Gasteiger partial charge in [0.05, 0.1) is 16.7 Å². The molecule has 0 amide bonds. The van der Waals surface area contributed by atoms with Crippen molar-refractivity contribution >= 4 is 15.9 Å². The summed E-state index contributed by atoms with van der Waals surface area (Å²) in [6.07, 6.45) is 0.430. The quantitative estimate of drug-likeness (QED) is 0.916. The van der Waals surface area contributed by atoms with Crippen LogP contribution in [0.25, 0.3) is 0 Å². The molecule has 0 fully saturated rings. The minimum absolute atomic E-state index is 0.252. The number of ether oxygens (including phenoxy) is 1. The van der Waals surface area contributed by atoms with E-state index in [0.29, 0.717) is 10.9 Å². The van der Waals surface area contributed by atoms with E-state index in [1.54, 1.807) is 19.1 Å². The summed E-state index contributed by atoms with van der Waals surface area (Å²) >= 11 is 3.10. The first-order valence-electron chi connectivity index (χ1n) is 4.60. The maximum absolute atomic E-state index is 12.9. The van der Waals surface area contributed by atoms with Gasteiger partial charge in [-0.2, -0.15) is 0 Å². The standard InChI is InChI=1S/C11H14BrFO2/c1-11(14,7-15-2)6-8-3-4-10(13)9(12)5-8/h3-5,14H,6-7H2,1-2H3. The molecule has 0 aliphatic heterocycles. The lowest BCUT2D eigenvalue weighted by Crippen LogP contribution is -2.32. The molecule has 84 valence electrons. The van der Waals surface area contributed by atoms with Gasteiger partial charge in [-0.3, -0.25) is 0 Å². The summed E-state index contributed by atoms with van der Waals surface area (Å²) < 4.78 is 18.3. The summed E-state index contributed by atoms with van der Waals surface area (Å²) in [7, 11) is 1.54. The van der Waals surface area contributed by atoms with Crippen LogP contribution in [0.3, 0.4) is 0 Å². The van der Waals surface area contributed by atoms with Crippen LogP contribution >= 0.6 is 15.9 Å². The summed E-state index contributed by atoms with van der Waals surface area (Å²) in [5.74, 6) is -0.301. The Hall–Kier alpha value is -0.450. The first-order chi connectivity index (χ1) is 6.94. The lowest BCUT2D eigenvalue weighted by Gasteiger charge is -2.22. The lowest BCUT2D eigenvalue weighted by atomic mass is 9.97.